The van der Waals surface area contributed by atoms with E-state index in [2.05, 4.69) is 4.98 Å². The molecule has 1 heterocycles. The highest BCUT2D eigenvalue weighted by Crippen LogP contribution is 1.97. The van der Waals surface area contributed by atoms with Crippen molar-refractivity contribution in [3.8, 4) is 0 Å². The largest absolute Gasteiger partial charge is 0.384 e. The Bertz CT molecular complexity index is 255. The molecule has 0 amide bonds. The summed E-state index contributed by atoms with van der Waals surface area (Å²) >= 11 is 0. The maximum Gasteiger partial charge on any atom is 0.122 e. The topological polar surface area (TPSA) is 62.8 Å². The zero-order valence-corrected chi connectivity index (χ0v) is 5.76. The van der Waals surface area contributed by atoms with Gasteiger partial charge in [0.15, 0.2) is 0 Å². The SMILES string of the molecule is Cc1cc(C(=N)N)ccn1. The summed E-state index contributed by atoms with van der Waals surface area (Å²) in [6.45, 7) is 1.87. The van der Waals surface area contributed by atoms with Crippen molar-refractivity contribution in [3.05, 3.63) is 29.6 Å². The Kier molecular flexibility index (Phi) is 1.67. The fourth-order valence-corrected chi connectivity index (χ4v) is 0.713. The molecule has 0 radical (unpaired) electrons. The molecule has 10 heavy (non-hydrogen) atoms. The van der Waals surface area contributed by atoms with E-state index in [0.29, 0.717) is 0 Å². The zero-order valence-electron chi connectivity index (χ0n) is 5.76. The van der Waals surface area contributed by atoms with E-state index in [4.69, 9.17) is 11.1 Å². The van der Waals surface area contributed by atoms with Gasteiger partial charge in [0.25, 0.3) is 0 Å². The van der Waals surface area contributed by atoms with Crippen LogP contribution in [0, 0.1) is 12.3 Å². The van der Waals surface area contributed by atoms with Crippen molar-refractivity contribution in [3.63, 3.8) is 0 Å². The van der Waals surface area contributed by atoms with Gasteiger partial charge in [-0.1, -0.05) is 0 Å². The van der Waals surface area contributed by atoms with Crippen molar-refractivity contribution < 1.29 is 0 Å². The van der Waals surface area contributed by atoms with Gasteiger partial charge in [0.1, 0.15) is 5.84 Å². The lowest BCUT2D eigenvalue weighted by Gasteiger charge is -1.96. The quantitative estimate of drug-likeness (QED) is 0.439. The van der Waals surface area contributed by atoms with Crippen molar-refractivity contribution in [2.24, 2.45) is 5.73 Å². The van der Waals surface area contributed by atoms with Crippen LogP contribution in [-0.2, 0) is 0 Å². The molecular formula is C7H9N3. The highest BCUT2D eigenvalue weighted by Gasteiger charge is 1.94. The molecule has 52 valence electrons. The molecule has 0 aliphatic heterocycles. The minimum atomic E-state index is 0.0884. The molecule has 0 aliphatic rings. The van der Waals surface area contributed by atoms with E-state index in [1.165, 1.54) is 0 Å². The Hall–Kier alpha value is -1.38. The van der Waals surface area contributed by atoms with Gasteiger partial charge in [-0.3, -0.25) is 10.4 Å². The van der Waals surface area contributed by atoms with Gasteiger partial charge in [0.2, 0.25) is 0 Å². The lowest BCUT2D eigenvalue weighted by atomic mass is 10.2. The Labute approximate surface area is 59.4 Å². The van der Waals surface area contributed by atoms with Gasteiger partial charge in [0.05, 0.1) is 0 Å². The highest BCUT2D eigenvalue weighted by atomic mass is 14.7. The van der Waals surface area contributed by atoms with E-state index in [0.717, 1.165) is 11.3 Å². The molecule has 0 saturated carbocycles. The number of hydrogen-bond acceptors (Lipinski definition) is 2. The monoisotopic (exact) mass is 135 g/mol. The maximum absolute atomic E-state index is 7.08. The summed E-state index contributed by atoms with van der Waals surface area (Å²) in [6, 6.07) is 3.50. The summed E-state index contributed by atoms with van der Waals surface area (Å²) in [7, 11) is 0. The molecule has 0 aromatic carbocycles. The molecule has 3 nitrogen and oxygen atoms in total. The number of aryl methyl sites for hydroxylation is 1. The van der Waals surface area contributed by atoms with E-state index >= 15 is 0 Å². The molecule has 1 aromatic heterocycles. The first-order valence-electron chi connectivity index (χ1n) is 2.97. The van der Waals surface area contributed by atoms with Crippen LogP contribution in [0.3, 0.4) is 0 Å². The average molecular weight is 135 g/mol. The van der Waals surface area contributed by atoms with Crippen molar-refractivity contribution in [2.45, 2.75) is 6.92 Å². The van der Waals surface area contributed by atoms with Gasteiger partial charge in [0, 0.05) is 17.5 Å². The standard InChI is InChI=1S/C7H9N3/c1-5-4-6(7(8)9)2-3-10-5/h2-4H,1H3,(H3,8,9). The van der Waals surface area contributed by atoms with Gasteiger partial charge in [-0.15, -0.1) is 0 Å². The van der Waals surface area contributed by atoms with E-state index in [9.17, 15) is 0 Å². The van der Waals surface area contributed by atoms with Crippen molar-refractivity contribution in [1.29, 1.82) is 5.41 Å². The number of nitrogen functional groups attached to an aromatic ring is 1. The molecule has 0 unspecified atom stereocenters. The van der Waals surface area contributed by atoms with Crippen LogP contribution in [0.15, 0.2) is 18.3 Å². The lowest BCUT2D eigenvalue weighted by Crippen LogP contribution is -2.11. The molecule has 0 bridgehead atoms. The number of nitrogens with two attached hydrogens (primary N) is 1. The molecule has 0 spiro atoms. The Morgan fingerprint density at radius 3 is 2.80 bits per heavy atom. The van der Waals surface area contributed by atoms with Gasteiger partial charge in [-0.25, -0.2) is 0 Å². The summed E-state index contributed by atoms with van der Waals surface area (Å²) in [5.74, 6) is 0.0884. The van der Waals surface area contributed by atoms with Gasteiger partial charge < -0.3 is 5.73 Å². The minimum Gasteiger partial charge on any atom is -0.384 e. The highest BCUT2D eigenvalue weighted by molar-refractivity contribution is 5.94. The van der Waals surface area contributed by atoms with Crippen molar-refractivity contribution in [1.82, 2.24) is 4.98 Å². The summed E-state index contributed by atoms with van der Waals surface area (Å²) in [5, 5.41) is 7.08. The second-order valence-corrected chi connectivity index (χ2v) is 2.10. The molecule has 0 saturated heterocycles. The third kappa shape index (κ3) is 1.31. The van der Waals surface area contributed by atoms with E-state index in [1.54, 1.807) is 18.3 Å². The fourth-order valence-electron chi connectivity index (χ4n) is 0.713. The number of amidine groups is 1. The van der Waals surface area contributed by atoms with Crippen molar-refractivity contribution >= 4 is 5.84 Å². The van der Waals surface area contributed by atoms with Crippen LogP contribution in [0.5, 0.6) is 0 Å². The Morgan fingerprint density at radius 1 is 1.70 bits per heavy atom. The first-order valence-corrected chi connectivity index (χ1v) is 2.97. The van der Waals surface area contributed by atoms with Gasteiger partial charge >= 0.3 is 0 Å². The number of nitrogens with zero attached hydrogens (tertiary/aromatic N) is 1. The summed E-state index contributed by atoms with van der Waals surface area (Å²) in [6.07, 6.45) is 1.64. The first kappa shape index (κ1) is 6.74. The summed E-state index contributed by atoms with van der Waals surface area (Å²) in [4.78, 5) is 3.97. The molecule has 1 rings (SSSR count). The van der Waals surface area contributed by atoms with Crippen LogP contribution >= 0.6 is 0 Å². The number of hydrogen-bond donors (Lipinski definition) is 2. The lowest BCUT2D eigenvalue weighted by molar-refractivity contribution is 1.19. The van der Waals surface area contributed by atoms with E-state index < -0.39 is 0 Å². The maximum atomic E-state index is 7.08. The second-order valence-electron chi connectivity index (χ2n) is 2.10. The molecule has 0 aliphatic carbocycles. The molecule has 0 atom stereocenters. The fraction of sp³-hybridized carbons (Fsp3) is 0.143. The van der Waals surface area contributed by atoms with Crippen LogP contribution in [-0.4, -0.2) is 10.8 Å². The average Bonchev–Trinajstić information content (AvgIpc) is 1.88. The van der Waals surface area contributed by atoms with Crippen molar-refractivity contribution in [2.75, 3.05) is 0 Å². The minimum absolute atomic E-state index is 0.0884. The number of pyridine rings is 1. The molecular weight excluding hydrogens is 126 g/mol. The van der Waals surface area contributed by atoms with Crippen LogP contribution in [0.2, 0.25) is 0 Å². The second kappa shape index (κ2) is 2.47. The van der Waals surface area contributed by atoms with E-state index in [-0.39, 0.29) is 5.84 Å². The molecule has 0 fully saturated rings. The van der Waals surface area contributed by atoms with Crippen LogP contribution < -0.4 is 5.73 Å². The molecule has 3 heteroatoms. The van der Waals surface area contributed by atoms with Crippen LogP contribution in [0.4, 0.5) is 0 Å². The first-order chi connectivity index (χ1) is 4.70. The molecule has 1 aromatic rings. The third-order valence-corrected chi connectivity index (χ3v) is 1.21. The Morgan fingerprint density at radius 2 is 2.40 bits per heavy atom. The van der Waals surface area contributed by atoms with Gasteiger partial charge in [-0.2, -0.15) is 0 Å². The summed E-state index contributed by atoms with van der Waals surface area (Å²) < 4.78 is 0. The number of rotatable bonds is 1. The smallest absolute Gasteiger partial charge is 0.122 e. The number of aromatic nitrogens is 1. The van der Waals surface area contributed by atoms with E-state index in [1.807, 2.05) is 6.92 Å². The third-order valence-electron chi connectivity index (χ3n) is 1.21. The zero-order chi connectivity index (χ0) is 7.56. The van der Waals surface area contributed by atoms with Gasteiger partial charge in [-0.05, 0) is 19.1 Å². The predicted molar refractivity (Wildman–Crippen MR) is 40.0 cm³/mol. The predicted octanol–water partition coefficient (Wildman–Crippen LogP) is 0.674. The van der Waals surface area contributed by atoms with Crippen LogP contribution in [0.1, 0.15) is 11.3 Å². The summed E-state index contributed by atoms with van der Waals surface area (Å²) in [5.41, 5.74) is 6.85. The van der Waals surface area contributed by atoms with Crippen LogP contribution in [0.25, 0.3) is 0 Å². The molecule has 3 N–H and O–H groups in total. The number of nitrogens with one attached hydrogen (secondary N) is 1. The normalized spacial score (nSPS) is 9.30. The Balaban J connectivity index is 3.07.